The molecule has 2 aromatic carbocycles. The maximum Gasteiger partial charge on any atom is 0.237 e. The van der Waals surface area contributed by atoms with Gasteiger partial charge in [0, 0.05) is 22.8 Å². The first-order chi connectivity index (χ1) is 14.0. The van der Waals surface area contributed by atoms with E-state index >= 15 is 0 Å². The van der Waals surface area contributed by atoms with E-state index < -0.39 is 0 Å². The van der Waals surface area contributed by atoms with E-state index in [1.165, 1.54) is 11.8 Å². The molecule has 1 unspecified atom stereocenters. The average molecular weight is 429 g/mol. The largest absolute Gasteiger partial charge is 0.497 e. The summed E-state index contributed by atoms with van der Waals surface area (Å²) in [4.78, 5) is 12.6. The number of carbonyl (C=O) groups excluding carboxylic acids is 1. The fourth-order valence-electron chi connectivity index (χ4n) is 2.61. The number of nitrogens with zero attached hydrogens (tertiary/aromatic N) is 3. The Hall–Kier alpha value is -2.77. The Labute approximate surface area is 178 Å². The van der Waals surface area contributed by atoms with Gasteiger partial charge >= 0.3 is 0 Å². The Morgan fingerprint density at radius 1 is 1.24 bits per heavy atom. The molecule has 0 radical (unpaired) electrons. The van der Waals surface area contributed by atoms with Gasteiger partial charge in [-0.05, 0) is 55.5 Å². The Morgan fingerprint density at radius 3 is 2.55 bits per heavy atom. The lowest BCUT2D eigenvalue weighted by atomic mass is 10.2. The number of allylic oxidation sites excluding steroid dienone is 1. The van der Waals surface area contributed by atoms with Crippen molar-refractivity contribution in [3.8, 4) is 17.1 Å². The minimum absolute atomic E-state index is 0.128. The minimum Gasteiger partial charge on any atom is -0.497 e. The van der Waals surface area contributed by atoms with Crippen molar-refractivity contribution in [3.63, 3.8) is 0 Å². The van der Waals surface area contributed by atoms with Crippen molar-refractivity contribution in [1.29, 1.82) is 0 Å². The molecule has 0 spiro atoms. The third kappa shape index (κ3) is 5.19. The molecule has 1 amide bonds. The number of aromatic nitrogens is 3. The zero-order valence-corrected chi connectivity index (χ0v) is 17.7. The van der Waals surface area contributed by atoms with E-state index in [0.717, 1.165) is 11.3 Å². The molecule has 0 saturated carbocycles. The average Bonchev–Trinajstić information content (AvgIpc) is 3.12. The highest BCUT2D eigenvalue weighted by Gasteiger charge is 2.20. The second-order valence-electron chi connectivity index (χ2n) is 6.19. The molecule has 1 aromatic heterocycles. The number of halogens is 1. The molecule has 150 valence electrons. The van der Waals surface area contributed by atoms with Gasteiger partial charge in [0.2, 0.25) is 5.91 Å². The van der Waals surface area contributed by atoms with E-state index in [-0.39, 0.29) is 11.2 Å². The normalized spacial score (nSPS) is 11.7. The van der Waals surface area contributed by atoms with Crippen molar-refractivity contribution in [1.82, 2.24) is 14.8 Å². The summed E-state index contributed by atoms with van der Waals surface area (Å²) < 4.78 is 7.14. The lowest BCUT2D eigenvalue weighted by Crippen LogP contribution is -2.22. The zero-order chi connectivity index (χ0) is 20.8. The molecule has 1 heterocycles. The molecule has 0 bridgehead atoms. The van der Waals surface area contributed by atoms with Crippen LogP contribution in [0.4, 0.5) is 5.69 Å². The van der Waals surface area contributed by atoms with E-state index in [1.807, 2.05) is 35.8 Å². The van der Waals surface area contributed by atoms with Crippen molar-refractivity contribution in [2.24, 2.45) is 0 Å². The first kappa shape index (κ1) is 21.0. The van der Waals surface area contributed by atoms with Gasteiger partial charge in [-0.25, -0.2) is 0 Å². The fraction of sp³-hybridized carbons (Fsp3) is 0.190. The van der Waals surface area contributed by atoms with Crippen LogP contribution in [-0.2, 0) is 11.3 Å². The highest BCUT2D eigenvalue weighted by Crippen LogP contribution is 2.28. The molecule has 0 fully saturated rings. The summed E-state index contributed by atoms with van der Waals surface area (Å²) in [5.41, 5.74) is 1.60. The maximum atomic E-state index is 12.6. The number of methoxy groups -OCH3 is 1. The van der Waals surface area contributed by atoms with Gasteiger partial charge in [0.15, 0.2) is 11.0 Å². The van der Waals surface area contributed by atoms with Crippen molar-refractivity contribution in [2.75, 3.05) is 12.4 Å². The van der Waals surface area contributed by atoms with Gasteiger partial charge in [-0.2, -0.15) is 0 Å². The van der Waals surface area contributed by atoms with E-state index in [4.69, 9.17) is 16.3 Å². The first-order valence-corrected chi connectivity index (χ1v) is 10.2. The lowest BCUT2D eigenvalue weighted by Gasteiger charge is -2.13. The van der Waals surface area contributed by atoms with Crippen LogP contribution in [0.15, 0.2) is 66.3 Å². The molecule has 0 saturated heterocycles. The lowest BCUT2D eigenvalue weighted by molar-refractivity contribution is -0.115. The maximum absolute atomic E-state index is 12.6. The first-order valence-electron chi connectivity index (χ1n) is 8.93. The molecule has 29 heavy (non-hydrogen) atoms. The second-order valence-corrected chi connectivity index (χ2v) is 7.93. The number of hydrogen-bond donors (Lipinski definition) is 1. The molecule has 0 aliphatic carbocycles. The smallest absolute Gasteiger partial charge is 0.237 e. The Kier molecular flexibility index (Phi) is 6.95. The van der Waals surface area contributed by atoms with Crippen molar-refractivity contribution in [2.45, 2.75) is 23.9 Å². The van der Waals surface area contributed by atoms with Crippen LogP contribution < -0.4 is 10.1 Å². The summed E-state index contributed by atoms with van der Waals surface area (Å²) in [6.07, 6.45) is 1.78. The van der Waals surface area contributed by atoms with Crippen molar-refractivity contribution < 1.29 is 9.53 Å². The number of benzene rings is 2. The molecule has 3 rings (SSSR count). The Balaban J connectivity index is 1.77. The molecular formula is C21H21ClN4O2S. The molecule has 0 aliphatic rings. The van der Waals surface area contributed by atoms with Crippen LogP contribution >= 0.6 is 23.4 Å². The highest BCUT2D eigenvalue weighted by atomic mass is 35.5. The van der Waals surface area contributed by atoms with Crippen LogP contribution in [0.5, 0.6) is 5.75 Å². The quantitative estimate of drug-likeness (QED) is 0.407. The monoisotopic (exact) mass is 428 g/mol. The number of hydrogen-bond acceptors (Lipinski definition) is 5. The van der Waals surface area contributed by atoms with Crippen LogP contribution in [0.2, 0.25) is 5.02 Å². The van der Waals surface area contributed by atoms with Crippen molar-refractivity contribution in [3.05, 3.63) is 66.2 Å². The van der Waals surface area contributed by atoms with Gasteiger partial charge in [-0.15, -0.1) is 16.8 Å². The summed E-state index contributed by atoms with van der Waals surface area (Å²) in [6, 6.07) is 14.6. The molecular weight excluding hydrogens is 408 g/mol. The number of rotatable bonds is 8. The summed E-state index contributed by atoms with van der Waals surface area (Å²) in [5.74, 6) is 1.35. The predicted octanol–water partition coefficient (Wildman–Crippen LogP) is 4.91. The summed E-state index contributed by atoms with van der Waals surface area (Å²) >= 11 is 7.23. The molecule has 1 N–H and O–H groups in total. The minimum atomic E-state index is -0.373. The van der Waals surface area contributed by atoms with Crippen LogP contribution in [0.3, 0.4) is 0 Å². The highest BCUT2D eigenvalue weighted by molar-refractivity contribution is 8.00. The number of thioether (sulfide) groups is 1. The van der Waals surface area contributed by atoms with Crippen LogP contribution in [-0.4, -0.2) is 33.0 Å². The van der Waals surface area contributed by atoms with E-state index in [1.54, 1.807) is 37.5 Å². The van der Waals surface area contributed by atoms with Gasteiger partial charge in [-0.1, -0.05) is 29.4 Å². The van der Waals surface area contributed by atoms with E-state index in [2.05, 4.69) is 22.1 Å². The van der Waals surface area contributed by atoms with E-state index in [0.29, 0.717) is 28.2 Å². The Morgan fingerprint density at radius 2 is 1.93 bits per heavy atom. The molecule has 0 aliphatic heterocycles. The number of carbonyl (C=O) groups is 1. The topological polar surface area (TPSA) is 69.0 Å². The van der Waals surface area contributed by atoms with Crippen LogP contribution in [0, 0.1) is 0 Å². The SMILES string of the molecule is C=CCn1c(SC(C)C(=O)Nc2ccc(Cl)cc2)nnc1-c1ccc(OC)cc1. The summed E-state index contributed by atoms with van der Waals surface area (Å²) in [6.45, 7) is 6.18. The number of anilines is 1. The van der Waals surface area contributed by atoms with Crippen molar-refractivity contribution >= 4 is 35.0 Å². The number of amides is 1. The molecule has 6 nitrogen and oxygen atoms in total. The standard InChI is InChI=1S/C21H21ClN4O2S/c1-4-13-26-19(15-5-11-18(28-3)12-6-15)24-25-21(26)29-14(2)20(27)23-17-9-7-16(22)8-10-17/h4-12,14H,1,13H2,2-3H3,(H,23,27). The number of nitrogens with one attached hydrogen (secondary N) is 1. The fourth-order valence-corrected chi connectivity index (χ4v) is 3.60. The molecule has 3 aromatic rings. The Bertz CT molecular complexity index is 987. The summed E-state index contributed by atoms with van der Waals surface area (Å²) in [7, 11) is 1.63. The number of ether oxygens (including phenoxy) is 1. The molecule has 1 atom stereocenters. The third-order valence-corrected chi connectivity index (χ3v) is 5.47. The van der Waals surface area contributed by atoms with E-state index in [9.17, 15) is 4.79 Å². The van der Waals surface area contributed by atoms with Crippen LogP contribution in [0.25, 0.3) is 11.4 Å². The zero-order valence-electron chi connectivity index (χ0n) is 16.1. The molecule has 8 heteroatoms. The second kappa shape index (κ2) is 9.62. The van der Waals surface area contributed by atoms with Gasteiger partial charge in [0.1, 0.15) is 5.75 Å². The summed E-state index contributed by atoms with van der Waals surface area (Å²) in [5, 5.41) is 12.4. The van der Waals surface area contributed by atoms with Gasteiger partial charge in [0.05, 0.1) is 12.4 Å². The van der Waals surface area contributed by atoms with Gasteiger partial charge in [0.25, 0.3) is 0 Å². The van der Waals surface area contributed by atoms with Crippen LogP contribution in [0.1, 0.15) is 6.92 Å². The van der Waals surface area contributed by atoms with Gasteiger partial charge < -0.3 is 10.1 Å². The predicted molar refractivity (Wildman–Crippen MR) is 118 cm³/mol. The third-order valence-electron chi connectivity index (χ3n) is 4.14. The van der Waals surface area contributed by atoms with Gasteiger partial charge in [-0.3, -0.25) is 9.36 Å².